The minimum Gasteiger partial charge on any atom is -0.349 e. The van der Waals surface area contributed by atoms with Crippen LogP contribution < -0.4 is 5.32 Å². The highest BCUT2D eigenvalue weighted by Crippen LogP contribution is 2.33. The Balaban J connectivity index is 2.44. The number of benzene rings is 2. The number of thioether (sulfide) groups is 1. The van der Waals surface area contributed by atoms with E-state index in [2.05, 4.69) is 5.32 Å². The molecule has 0 saturated carbocycles. The molecule has 0 spiro atoms. The molecule has 98 valence electrons. The molecule has 1 N–H and O–H groups in total. The summed E-state index contributed by atoms with van der Waals surface area (Å²) in [6, 6.07) is 11.4. The van der Waals surface area contributed by atoms with Gasteiger partial charge in [0.1, 0.15) is 5.69 Å². The van der Waals surface area contributed by atoms with Crippen LogP contribution in [-0.2, 0) is 0 Å². The maximum Gasteiger partial charge on any atom is 0.327 e. The Kier molecular flexibility index (Phi) is 4.01. The van der Waals surface area contributed by atoms with E-state index in [0.29, 0.717) is 5.69 Å². The van der Waals surface area contributed by atoms with Gasteiger partial charge in [0.15, 0.2) is 0 Å². The number of hydrogen-bond acceptors (Lipinski definition) is 4. The lowest BCUT2D eigenvalue weighted by Crippen LogP contribution is -2.00. The molecule has 6 heteroatoms. The van der Waals surface area contributed by atoms with Crippen LogP contribution in [0.1, 0.15) is 0 Å². The highest BCUT2D eigenvalue weighted by atomic mass is 32.2. The Bertz CT molecular complexity index is 619. The normalized spacial score (nSPS) is 10.2. The molecule has 0 aromatic heterocycles. The summed E-state index contributed by atoms with van der Waals surface area (Å²) >= 11 is 1.51. The maximum atomic E-state index is 13.5. The lowest BCUT2D eigenvalue weighted by molar-refractivity contribution is -0.386. The quantitative estimate of drug-likeness (QED) is 0.517. The fraction of sp³-hybridized carbons (Fsp3) is 0.0769. The average molecular weight is 278 g/mol. The second-order valence-electron chi connectivity index (χ2n) is 3.72. The number of anilines is 2. The first-order valence-corrected chi connectivity index (χ1v) is 6.69. The highest BCUT2D eigenvalue weighted by Gasteiger charge is 2.20. The zero-order chi connectivity index (χ0) is 13.8. The number of nitrogens with one attached hydrogen (secondary N) is 1. The first-order chi connectivity index (χ1) is 9.13. The largest absolute Gasteiger partial charge is 0.349 e. The first-order valence-electron chi connectivity index (χ1n) is 5.46. The van der Waals surface area contributed by atoms with Crippen LogP contribution in [0.15, 0.2) is 47.4 Å². The zero-order valence-electron chi connectivity index (χ0n) is 10.1. The number of para-hydroxylation sites is 2. The van der Waals surface area contributed by atoms with Crippen molar-refractivity contribution in [1.29, 1.82) is 0 Å². The Labute approximate surface area is 113 Å². The summed E-state index contributed by atoms with van der Waals surface area (Å²) in [7, 11) is 0. The molecule has 2 rings (SSSR count). The fourth-order valence-corrected chi connectivity index (χ4v) is 2.25. The van der Waals surface area contributed by atoms with Gasteiger partial charge < -0.3 is 5.32 Å². The topological polar surface area (TPSA) is 55.2 Å². The SMILES string of the molecule is CSc1ccccc1Nc1cccc(F)c1[N+](=O)[O-]. The van der Waals surface area contributed by atoms with Crippen molar-refractivity contribution in [1.82, 2.24) is 0 Å². The molecule has 0 aliphatic heterocycles. The number of hydrogen-bond donors (Lipinski definition) is 1. The molecule has 0 heterocycles. The van der Waals surface area contributed by atoms with Crippen LogP contribution in [0.3, 0.4) is 0 Å². The number of rotatable bonds is 4. The van der Waals surface area contributed by atoms with Crippen LogP contribution in [0.4, 0.5) is 21.5 Å². The summed E-state index contributed by atoms with van der Waals surface area (Å²) in [5.41, 5.74) is 0.314. The van der Waals surface area contributed by atoms with Gasteiger partial charge in [0.05, 0.1) is 10.6 Å². The molecule has 0 amide bonds. The van der Waals surface area contributed by atoms with Gasteiger partial charge in [0, 0.05) is 4.90 Å². The van der Waals surface area contributed by atoms with Crippen LogP contribution in [0.2, 0.25) is 0 Å². The van der Waals surface area contributed by atoms with E-state index in [1.165, 1.54) is 23.9 Å². The van der Waals surface area contributed by atoms with Crippen LogP contribution in [0.25, 0.3) is 0 Å². The molecule has 0 fully saturated rings. The van der Waals surface area contributed by atoms with Gasteiger partial charge >= 0.3 is 5.69 Å². The Morgan fingerprint density at radius 3 is 2.53 bits per heavy atom. The van der Waals surface area contributed by atoms with Crippen molar-refractivity contribution < 1.29 is 9.31 Å². The standard InChI is InChI=1S/C13H11FN2O2S/c1-19-12-8-3-2-6-10(12)15-11-7-4-5-9(14)13(11)16(17)18/h2-8,15H,1H3. The molecule has 2 aromatic carbocycles. The van der Waals surface area contributed by atoms with Gasteiger partial charge in [-0.3, -0.25) is 10.1 Å². The van der Waals surface area contributed by atoms with Crippen LogP contribution in [0.5, 0.6) is 0 Å². The van der Waals surface area contributed by atoms with E-state index in [4.69, 9.17) is 0 Å². The van der Waals surface area contributed by atoms with Crippen LogP contribution in [0, 0.1) is 15.9 Å². The van der Waals surface area contributed by atoms with Gasteiger partial charge in [-0.1, -0.05) is 18.2 Å². The molecule has 19 heavy (non-hydrogen) atoms. The number of nitro groups is 1. The molecule has 2 aromatic rings. The minimum absolute atomic E-state index is 0.145. The van der Waals surface area contributed by atoms with Crippen molar-refractivity contribution in [2.24, 2.45) is 0 Å². The maximum absolute atomic E-state index is 13.5. The van der Waals surface area contributed by atoms with Gasteiger partial charge in [-0.2, -0.15) is 4.39 Å². The summed E-state index contributed by atoms with van der Waals surface area (Å²) in [4.78, 5) is 11.1. The Morgan fingerprint density at radius 1 is 1.16 bits per heavy atom. The number of nitro benzene ring substituents is 1. The van der Waals surface area contributed by atoms with Crippen LogP contribution >= 0.6 is 11.8 Å². The zero-order valence-corrected chi connectivity index (χ0v) is 10.9. The fourth-order valence-electron chi connectivity index (χ4n) is 1.69. The van der Waals surface area contributed by atoms with Gasteiger partial charge in [-0.25, -0.2) is 0 Å². The highest BCUT2D eigenvalue weighted by molar-refractivity contribution is 7.98. The predicted octanol–water partition coefficient (Wildman–Crippen LogP) is 4.20. The lowest BCUT2D eigenvalue weighted by Gasteiger charge is -2.10. The summed E-state index contributed by atoms with van der Waals surface area (Å²) in [5, 5.41) is 13.8. The van der Waals surface area contributed by atoms with E-state index < -0.39 is 16.4 Å². The molecule has 0 aliphatic carbocycles. The Hall–Kier alpha value is -2.08. The summed E-state index contributed by atoms with van der Waals surface area (Å²) in [6.07, 6.45) is 1.90. The summed E-state index contributed by atoms with van der Waals surface area (Å²) < 4.78 is 13.5. The molecule has 0 saturated heterocycles. The molecule has 0 atom stereocenters. The molecule has 0 radical (unpaired) electrons. The monoisotopic (exact) mass is 278 g/mol. The minimum atomic E-state index is -0.850. The van der Waals surface area contributed by atoms with Crippen molar-refractivity contribution in [3.63, 3.8) is 0 Å². The third-order valence-electron chi connectivity index (χ3n) is 2.55. The molecular weight excluding hydrogens is 267 g/mol. The first kappa shape index (κ1) is 13.4. The van der Waals surface area contributed by atoms with Crippen molar-refractivity contribution in [3.05, 3.63) is 58.4 Å². The van der Waals surface area contributed by atoms with Gasteiger partial charge in [0.2, 0.25) is 5.82 Å². The van der Waals surface area contributed by atoms with E-state index in [-0.39, 0.29) is 5.69 Å². The third kappa shape index (κ3) is 2.85. The van der Waals surface area contributed by atoms with Gasteiger partial charge in [-0.15, -0.1) is 11.8 Å². The van der Waals surface area contributed by atoms with Crippen LogP contribution in [-0.4, -0.2) is 11.2 Å². The number of nitrogens with zero attached hydrogens (tertiary/aromatic N) is 1. The van der Waals surface area contributed by atoms with E-state index in [0.717, 1.165) is 11.0 Å². The van der Waals surface area contributed by atoms with E-state index in [9.17, 15) is 14.5 Å². The van der Waals surface area contributed by atoms with E-state index in [1.807, 2.05) is 24.5 Å². The molecule has 0 aliphatic rings. The average Bonchev–Trinajstić information content (AvgIpc) is 2.39. The predicted molar refractivity (Wildman–Crippen MR) is 74.6 cm³/mol. The summed E-state index contributed by atoms with van der Waals surface area (Å²) in [5.74, 6) is -0.850. The van der Waals surface area contributed by atoms with Crippen molar-refractivity contribution in [3.8, 4) is 0 Å². The van der Waals surface area contributed by atoms with Crippen molar-refractivity contribution >= 4 is 28.8 Å². The van der Waals surface area contributed by atoms with Gasteiger partial charge in [-0.05, 0) is 30.5 Å². The van der Waals surface area contributed by atoms with E-state index in [1.54, 1.807) is 6.07 Å². The Morgan fingerprint density at radius 2 is 1.84 bits per heavy atom. The van der Waals surface area contributed by atoms with E-state index >= 15 is 0 Å². The number of halogens is 1. The molecule has 0 bridgehead atoms. The van der Waals surface area contributed by atoms with Crippen molar-refractivity contribution in [2.45, 2.75) is 4.90 Å². The second-order valence-corrected chi connectivity index (χ2v) is 4.57. The van der Waals surface area contributed by atoms with Gasteiger partial charge in [0.25, 0.3) is 0 Å². The molecule has 4 nitrogen and oxygen atoms in total. The second kappa shape index (κ2) is 5.71. The molecule has 0 unspecified atom stereocenters. The molecular formula is C13H11FN2O2S. The summed E-state index contributed by atoms with van der Waals surface area (Å²) in [6.45, 7) is 0. The lowest BCUT2D eigenvalue weighted by atomic mass is 10.2. The smallest absolute Gasteiger partial charge is 0.327 e. The third-order valence-corrected chi connectivity index (χ3v) is 3.34. The van der Waals surface area contributed by atoms with Crippen molar-refractivity contribution in [2.75, 3.05) is 11.6 Å².